The Bertz CT molecular complexity index is 686. The lowest BCUT2D eigenvalue weighted by molar-refractivity contribution is 0.305. The number of hydrogen-bond donors (Lipinski definition) is 0. The first-order valence-corrected chi connectivity index (χ1v) is 5.78. The van der Waals surface area contributed by atoms with Crippen molar-refractivity contribution in [2.45, 2.75) is 6.61 Å². The predicted octanol–water partition coefficient (Wildman–Crippen LogP) is 3.06. The van der Waals surface area contributed by atoms with E-state index < -0.39 is 0 Å². The van der Waals surface area contributed by atoms with Gasteiger partial charge in [0.2, 0.25) is 0 Å². The van der Waals surface area contributed by atoms with Gasteiger partial charge in [0.05, 0.1) is 5.56 Å². The van der Waals surface area contributed by atoms with Gasteiger partial charge in [0.15, 0.2) is 0 Å². The Labute approximate surface area is 115 Å². The molecular formula is C14H8ClN3O. The molecule has 0 radical (unpaired) electrons. The first-order chi connectivity index (χ1) is 9.22. The summed E-state index contributed by atoms with van der Waals surface area (Å²) in [5, 5.41) is 18.2. The highest BCUT2D eigenvalue weighted by molar-refractivity contribution is 6.30. The molecule has 4 nitrogen and oxygen atoms in total. The Morgan fingerprint density at radius 1 is 1.16 bits per heavy atom. The Morgan fingerprint density at radius 3 is 2.74 bits per heavy atom. The van der Waals surface area contributed by atoms with Crippen LogP contribution in [0.1, 0.15) is 16.8 Å². The molecule has 0 saturated carbocycles. The fourth-order valence-corrected chi connectivity index (χ4v) is 1.66. The number of nitriles is 2. The minimum Gasteiger partial charge on any atom is -0.487 e. The molecule has 19 heavy (non-hydrogen) atoms. The minimum atomic E-state index is 0.242. The smallest absolute Gasteiger partial charge is 0.140 e. The normalized spacial score (nSPS) is 9.42. The number of aromatic nitrogens is 1. The molecule has 0 fully saturated rings. The van der Waals surface area contributed by atoms with Gasteiger partial charge in [-0.25, -0.2) is 4.98 Å². The number of pyridine rings is 1. The number of ether oxygens (including phenoxy) is 1. The van der Waals surface area contributed by atoms with Crippen LogP contribution in [-0.2, 0) is 6.61 Å². The Hall–Kier alpha value is -2.56. The maximum absolute atomic E-state index is 8.96. The van der Waals surface area contributed by atoms with Gasteiger partial charge in [0.25, 0.3) is 0 Å². The van der Waals surface area contributed by atoms with E-state index in [9.17, 15) is 0 Å². The first-order valence-electron chi connectivity index (χ1n) is 5.40. The zero-order chi connectivity index (χ0) is 13.7. The number of rotatable bonds is 3. The fraction of sp³-hybridized carbons (Fsp3) is 0.0714. The van der Waals surface area contributed by atoms with Gasteiger partial charge in [-0.05, 0) is 29.8 Å². The predicted molar refractivity (Wildman–Crippen MR) is 69.5 cm³/mol. The van der Waals surface area contributed by atoms with Gasteiger partial charge in [0.1, 0.15) is 30.2 Å². The van der Waals surface area contributed by atoms with Gasteiger partial charge >= 0.3 is 0 Å². The third-order valence-electron chi connectivity index (χ3n) is 2.40. The molecule has 92 valence electrons. The van der Waals surface area contributed by atoms with Crippen molar-refractivity contribution in [2.24, 2.45) is 0 Å². The van der Waals surface area contributed by atoms with Crippen molar-refractivity contribution in [3.63, 3.8) is 0 Å². The molecule has 2 aromatic rings. The van der Waals surface area contributed by atoms with Crippen LogP contribution in [0.4, 0.5) is 0 Å². The molecule has 0 aliphatic heterocycles. The lowest BCUT2D eigenvalue weighted by Gasteiger charge is -2.08. The Balaban J connectivity index is 2.17. The van der Waals surface area contributed by atoms with Gasteiger partial charge in [-0.2, -0.15) is 10.5 Å². The third kappa shape index (κ3) is 3.22. The van der Waals surface area contributed by atoms with Crippen molar-refractivity contribution in [3.05, 3.63) is 58.4 Å². The van der Waals surface area contributed by atoms with Crippen molar-refractivity contribution in [2.75, 3.05) is 0 Å². The molecule has 0 aliphatic rings. The lowest BCUT2D eigenvalue weighted by atomic mass is 10.2. The zero-order valence-electron chi connectivity index (χ0n) is 9.80. The summed E-state index contributed by atoms with van der Waals surface area (Å²) in [6, 6.07) is 12.2. The summed E-state index contributed by atoms with van der Waals surface area (Å²) >= 11 is 5.86. The summed E-state index contributed by atoms with van der Waals surface area (Å²) in [6.45, 7) is 0.242. The second kappa shape index (κ2) is 5.86. The Morgan fingerprint density at radius 2 is 2.00 bits per heavy atom. The molecule has 0 bridgehead atoms. The van der Waals surface area contributed by atoms with Crippen LogP contribution in [0.2, 0.25) is 5.02 Å². The van der Waals surface area contributed by atoms with E-state index in [0.717, 1.165) is 5.56 Å². The summed E-state index contributed by atoms with van der Waals surface area (Å²) in [5.74, 6) is 0.422. The summed E-state index contributed by atoms with van der Waals surface area (Å²) < 4.78 is 5.55. The monoisotopic (exact) mass is 269 g/mol. The molecule has 2 rings (SSSR count). The second-order valence-corrected chi connectivity index (χ2v) is 4.14. The average molecular weight is 270 g/mol. The van der Waals surface area contributed by atoms with Crippen molar-refractivity contribution >= 4 is 11.6 Å². The van der Waals surface area contributed by atoms with E-state index in [0.29, 0.717) is 22.0 Å². The standard InChI is InChI=1S/C14H8ClN3O/c15-12-2-1-11(7-16)14(6-12)19-9-10-3-4-18-13(5-10)8-17/h1-6H,9H2. The molecular weight excluding hydrogens is 262 g/mol. The van der Waals surface area contributed by atoms with Crippen LogP contribution in [0.25, 0.3) is 0 Å². The molecule has 5 heteroatoms. The van der Waals surface area contributed by atoms with Gasteiger partial charge < -0.3 is 4.74 Å². The molecule has 0 N–H and O–H groups in total. The molecule has 1 heterocycles. The maximum Gasteiger partial charge on any atom is 0.140 e. The van der Waals surface area contributed by atoms with Crippen LogP contribution >= 0.6 is 11.6 Å². The van der Waals surface area contributed by atoms with E-state index in [2.05, 4.69) is 4.98 Å². The van der Waals surface area contributed by atoms with E-state index >= 15 is 0 Å². The van der Waals surface area contributed by atoms with E-state index in [-0.39, 0.29) is 6.61 Å². The molecule has 0 spiro atoms. The first kappa shape index (κ1) is 12.9. The van der Waals surface area contributed by atoms with Crippen LogP contribution in [-0.4, -0.2) is 4.98 Å². The highest BCUT2D eigenvalue weighted by Gasteiger charge is 2.05. The van der Waals surface area contributed by atoms with E-state index in [1.54, 1.807) is 36.5 Å². The highest BCUT2D eigenvalue weighted by Crippen LogP contribution is 2.23. The third-order valence-corrected chi connectivity index (χ3v) is 2.63. The maximum atomic E-state index is 8.96. The molecule has 0 aliphatic carbocycles. The molecule has 0 atom stereocenters. The van der Waals surface area contributed by atoms with Crippen molar-refractivity contribution in [3.8, 4) is 17.9 Å². The highest BCUT2D eigenvalue weighted by atomic mass is 35.5. The quantitative estimate of drug-likeness (QED) is 0.859. The number of benzene rings is 1. The van der Waals surface area contributed by atoms with Gasteiger partial charge in [0, 0.05) is 17.3 Å². The largest absolute Gasteiger partial charge is 0.487 e. The zero-order valence-corrected chi connectivity index (χ0v) is 10.6. The fourth-order valence-electron chi connectivity index (χ4n) is 1.49. The van der Waals surface area contributed by atoms with Gasteiger partial charge in [-0.1, -0.05) is 11.6 Å². The molecule has 0 amide bonds. The lowest BCUT2D eigenvalue weighted by Crippen LogP contribution is -1.98. The second-order valence-electron chi connectivity index (χ2n) is 3.70. The number of halogens is 1. The summed E-state index contributed by atoms with van der Waals surface area (Å²) in [7, 11) is 0. The van der Waals surface area contributed by atoms with E-state index in [4.69, 9.17) is 26.9 Å². The van der Waals surface area contributed by atoms with E-state index in [1.165, 1.54) is 0 Å². The van der Waals surface area contributed by atoms with Crippen LogP contribution < -0.4 is 4.74 Å². The SMILES string of the molecule is N#Cc1cc(COc2cc(Cl)ccc2C#N)ccn1. The topological polar surface area (TPSA) is 69.7 Å². The molecule has 0 unspecified atom stereocenters. The number of hydrogen-bond acceptors (Lipinski definition) is 4. The average Bonchev–Trinajstić information content (AvgIpc) is 2.45. The molecule has 0 saturated heterocycles. The summed E-state index contributed by atoms with van der Waals surface area (Å²) in [5.41, 5.74) is 1.54. The van der Waals surface area contributed by atoms with Crippen LogP contribution in [0.3, 0.4) is 0 Å². The molecule has 1 aromatic carbocycles. The van der Waals surface area contributed by atoms with Crippen LogP contribution in [0, 0.1) is 22.7 Å². The van der Waals surface area contributed by atoms with Crippen molar-refractivity contribution in [1.29, 1.82) is 10.5 Å². The Kier molecular flexibility index (Phi) is 3.97. The summed E-state index contributed by atoms with van der Waals surface area (Å²) in [4.78, 5) is 3.87. The summed E-state index contributed by atoms with van der Waals surface area (Å²) in [6.07, 6.45) is 1.54. The van der Waals surface area contributed by atoms with Gasteiger partial charge in [-0.15, -0.1) is 0 Å². The van der Waals surface area contributed by atoms with E-state index in [1.807, 2.05) is 12.1 Å². The van der Waals surface area contributed by atoms with Crippen LogP contribution in [0.15, 0.2) is 36.5 Å². The van der Waals surface area contributed by atoms with Gasteiger partial charge in [-0.3, -0.25) is 0 Å². The number of nitrogens with zero attached hydrogens (tertiary/aromatic N) is 3. The van der Waals surface area contributed by atoms with Crippen LogP contribution in [0.5, 0.6) is 5.75 Å². The van der Waals surface area contributed by atoms with Crippen molar-refractivity contribution in [1.82, 2.24) is 4.98 Å². The van der Waals surface area contributed by atoms with Crippen molar-refractivity contribution < 1.29 is 4.74 Å². The molecule has 1 aromatic heterocycles. The minimum absolute atomic E-state index is 0.242.